The second-order valence-electron chi connectivity index (χ2n) is 7.23. The molecule has 5 nitrogen and oxygen atoms in total. The van der Waals surface area contributed by atoms with Crippen LogP contribution in [-0.2, 0) is 4.79 Å². The van der Waals surface area contributed by atoms with E-state index in [1.807, 2.05) is 13.0 Å². The van der Waals surface area contributed by atoms with Crippen LogP contribution in [0.2, 0.25) is 0 Å². The van der Waals surface area contributed by atoms with Crippen LogP contribution in [0.4, 0.5) is 10.1 Å². The van der Waals surface area contributed by atoms with Crippen LogP contribution in [0.15, 0.2) is 18.2 Å². The van der Waals surface area contributed by atoms with E-state index in [0.29, 0.717) is 0 Å². The van der Waals surface area contributed by atoms with Gasteiger partial charge in [0.2, 0.25) is 5.91 Å². The molecule has 2 saturated heterocycles. The summed E-state index contributed by atoms with van der Waals surface area (Å²) in [5.74, 6) is -0.245. The molecule has 162 valence electrons. The maximum Gasteiger partial charge on any atom is 0.237 e. The van der Waals surface area contributed by atoms with Crippen LogP contribution in [0.25, 0.3) is 0 Å². The van der Waals surface area contributed by atoms with E-state index in [9.17, 15) is 9.18 Å². The predicted molar refractivity (Wildman–Crippen MR) is 120 cm³/mol. The van der Waals surface area contributed by atoms with Crippen molar-refractivity contribution in [3.05, 3.63) is 29.6 Å². The first-order valence-electron chi connectivity index (χ1n) is 9.31. The smallest absolute Gasteiger partial charge is 0.237 e. The Morgan fingerprint density at radius 3 is 2.46 bits per heavy atom. The monoisotopic (exact) mass is 456 g/mol. The van der Waals surface area contributed by atoms with Crippen molar-refractivity contribution in [2.24, 2.45) is 0 Å². The minimum atomic E-state index is -0.259. The van der Waals surface area contributed by atoms with Gasteiger partial charge >= 0.3 is 0 Å². The third-order valence-corrected chi connectivity index (χ3v) is 5.29. The van der Waals surface area contributed by atoms with E-state index < -0.39 is 0 Å². The summed E-state index contributed by atoms with van der Waals surface area (Å²) in [5, 5.41) is 6.34. The lowest BCUT2D eigenvalue weighted by atomic mass is 10.0. The fourth-order valence-corrected chi connectivity index (χ4v) is 3.67. The van der Waals surface area contributed by atoms with Crippen LogP contribution in [0.1, 0.15) is 37.8 Å². The van der Waals surface area contributed by atoms with Crippen molar-refractivity contribution >= 4 is 48.8 Å². The number of hydrogen-bond acceptors (Lipinski definition) is 4. The van der Waals surface area contributed by atoms with Gasteiger partial charge in [0, 0.05) is 37.4 Å². The van der Waals surface area contributed by atoms with Gasteiger partial charge in [-0.3, -0.25) is 4.79 Å². The molecule has 1 unspecified atom stereocenters. The first-order chi connectivity index (χ1) is 12.0. The molecule has 9 heteroatoms. The molecule has 1 aromatic rings. The number of amides is 1. The van der Waals surface area contributed by atoms with Crippen molar-refractivity contribution < 1.29 is 9.18 Å². The van der Waals surface area contributed by atoms with E-state index >= 15 is 0 Å². The van der Waals surface area contributed by atoms with Gasteiger partial charge in [0.25, 0.3) is 0 Å². The Balaban J connectivity index is 0.00000243. The van der Waals surface area contributed by atoms with Crippen molar-refractivity contribution in [1.29, 1.82) is 0 Å². The summed E-state index contributed by atoms with van der Waals surface area (Å²) >= 11 is 0. The summed E-state index contributed by atoms with van der Waals surface area (Å²) in [6.07, 6.45) is 3.07. The van der Waals surface area contributed by atoms with Gasteiger partial charge in [0.1, 0.15) is 5.82 Å². The highest BCUT2D eigenvalue weighted by atomic mass is 35.5. The van der Waals surface area contributed by atoms with Crippen molar-refractivity contribution in [2.45, 2.75) is 38.3 Å². The number of nitrogens with one attached hydrogen (secondary N) is 2. The molecular formula is C19H32Cl3FN4O. The maximum absolute atomic E-state index is 13.9. The van der Waals surface area contributed by atoms with Crippen molar-refractivity contribution in [1.82, 2.24) is 15.5 Å². The molecule has 0 spiro atoms. The Hall–Kier alpha value is -0.790. The van der Waals surface area contributed by atoms with Gasteiger partial charge in [-0.25, -0.2) is 4.39 Å². The van der Waals surface area contributed by atoms with Gasteiger partial charge in [-0.15, -0.1) is 37.2 Å². The summed E-state index contributed by atoms with van der Waals surface area (Å²) in [5.41, 5.74) is 1.88. The molecule has 0 saturated carbocycles. The molecule has 0 bridgehead atoms. The van der Waals surface area contributed by atoms with Crippen LogP contribution in [0.5, 0.6) is 0 Å². The number of likely N-dealkylation sites (N-methyl/N-ethyl adjacent to an activating group) is 1. The Morgan fingerprint density at radius 1 is 1.18 bits per heavy atom. The lowest BCUT2D eigenvalue weighted by molar-refractivity contribution is -0.124. The Kier molecular flexibility index (Phi) is 12.3. The first-order valence-corrected chi connectivity index (χ1v) is 9.31. The molecule has 2 aliphatic rings. The van der Waals surface area contributed by atoms with Gasteiger partial charge in [-0.1, -0.05) is 6.42 Å². The van der Waals surface area contributed by atoms with Gasteiger partial charge in [0.05, 0.1) is 12.1 Å². The van der Waals surface area contributed by atoms with Crippen LogP contribution < -0.4 is 15.5 Å². The quantitative estimate of drug-likeness (QED) is 0.729. The second kappa shape index (κ2) is 12.7. The number of benzene rings is 1. The summed E-state index contributed by atoms with van der Waals surface area (Å²) in [7, 11) is 2.11. The fraction of sp³-hybridized carbons (Fsp3) is 0.632. The van der Waals surface area contributed by atoms with Crippen LogP contribution in [0, 0.1) is 5.82 Å². The number of piperazine rings is 1. The SMILES string of the molecule is CC(NC(=O)[C@H]1CCCCN1)c1cc(F)ccc1N1CCN(C)CC1.Cl.Cl.Cl. The summed E-state index contributed by atoms with van der Waals surface area (Å²) in [4.78, 5) is 17.1. The van der Waals surface area contributed by atoms with E-state index in [-0.39, 0.29) is 61.0 Å². The average molecular weight is 458 g/mol. The molecule has 2 aliphatic heterocycles. The standard InChI is InChI=1S/C19H29FN4O.3ClH/c1-14(22-19(25)17-5-3-4-8-21-17)16-13-15(20)6-7-18(16)24-11-9-23(2)10-12-24;;;/h6-7,13-14,17,21H,3-5,8-12H2,1-2H3,(H,22,25);3*1H/t14?,17-;;;/m1.../s1. The minimum Gasteiger partial charge on any atom is -0.369 e. The van der Waals surface area contributed by atoms with E-state index in [1.165, 1.54) is 6.07 Å². The molecule has 2 atom stereocenters. The number of halogens is 4. The van der Waals surface area contributed by atoms with Crippen molar-refractivity contribution in [3.63, 3.8) is 0 Å². The van der Waals surface area contributed by atoms with Crippen LogP contribution >= 0.6 is 37.2 Å². The fourth-order valence-electron chi connectivity index (χ4n) is 3.67. The maximum atomic E-state index is 13.9. The zero-order valence-corrected chi connectivity index (χ0v) is 18.9. The molecule has 0 aliphatic carbocycles. The first kappa shape index (κ1) is 27.2. The Bertz CT molecular complexity index is 609. The highest BCUT2D eigenvalue weighted by Crippen LogP contribution is 2.28. The lowest BCUT2D eigenvalue weighted by Gasteiger charge is -2.36. The molecule has 1 aromatic carbocycles. The summed E-state index contributed by atoms with van der Waals surface area (Å²) in [6.45, 7) is 6.64. The van der Waals surface area contributed by atoms with Crippen LogP contribution in [0.3, 0.4) is 0 Å². The third kappa shape index (κ3) is 6.92. The topological polar surface area (TPSA) is 47.6 Å². The second-order valence-corrected chi connectivity index (χ2v) is 7.23. The highest BCUT2D eigenvalue weighted by molar-refractivity contribution is 5.86. The molecule has 1 amide bonds. The number of anilines is 1. The zero-order chi connectivity index (χ0) is 17.8. The predicted octanol–water partition coefficient (Wildman–Crippen LogP) is 3.16. The van der Waals surface area contributed by atoms with E-state index in [2.05, 4.69) is 27.5 Å². The van der Waals surface area contributed by atoms with Crippen molar-refractivity contribution in [3.8, 4) is 0 Å². The third-order valence-electron chi connectivity index (χ3n) is 5.29. The number of carbonyl (C=O) groups excluding carboxylic acids is 1. The summed E-state index contributed by atoms with van der Waals surface area (Å²) < 4.78 is 13.9. The van der Waals surface area contributed by atoms with Gasteiger partial charge in [-0.2, -0.15) is 0 Å². The molecule has 2 N–H and O–H groups in total. The summed E-state index contributed by atoms with van der Waals surface area (Å²) in [6, 6.07) is 4.57. The number of hydrogen-bond donors (Lipinski definition) is 2. The van der Waals surface area contributed by atoms with Gasteiger partial charge < -0.3 is 20.4 Å². The Morgan fingerprint density at radius 2 is 1.86 bits per heavy atom. The number of rotatable bonds is 4. The number of nitrogens with zero attached hydrogens (tertiary/aromatic N) is 2. The zero-order valence-electron chi connectivity index (χ0n) is 16.4. The number of carbonyl (C=O) groups is 1. The molecule has 28 heavy (non-hydrogen) atoms. The molecule has 2 heterocycles. The molecule has 3 rings (SSSR count). The molecule has 0 radical (unpaired) electrons. The largest absolute Gasteiger partial charge is 0.369 e. The number of piperidine rings is 1. The van der Waals surface area contributed by atoms with E-state index in [1.54, 1.807) is 6.07 Å². The average Bonchev–Trinajstić information content (AvgIpc) is 2.63. The molecule has 0 aromatic heterocycles. The van der Waals surface area contributed by atoms with Gasteiger partial charge in [0.15, 0.2) is 0 Å². The van der Waals surface area contributed by atoms with Crippen LogP contribution in [-0.4, -0.2) is 56.6 Å². The highest BCUT2D eigenvalue weighted by Gasteiger charge is 2.25. The van der Waals surface area contributed by atoms with E-state index in [0.717, 1.165) is 63.2 Å². The van der Waals surface area contributed by atoms with E-state index in [4.69, 9.17) is 0 Å². The molecule has 2 fully saturated rings. The molecular weight excluding hydrogens is 426 g/mol. The minimum absolute atomic E-state index is 0. The van der Waals surface area contributed by atoms with Gasteiger partial charge in [-0.05, 0) is 51.6 Å². The lowest BCUT2D eigenvalue weighted by Crippen LogP contribution is -2.47. The Labute approximate surface area is 186 Å². The normalized spacial score (nSPS) is 20.8. The van der Waals surface area contributed by atoms with Crippen molar-refractivity contribution in [2.75, 3.05) is 44.7 Å².